The van der Waals surface area contributed by atoms with Crippen LogP contribution >= 0.6 is 15.9 Å². The molecular formula is C18H22BrN3O4. The molecule has 3 rings (SSSR count). The van der Waals surface area contributed by atoms with Crippen LogP contribution < -0.4 is 4.90 Å². The fourth-order valence-corrected chi connectivity index (χ4v) is 3.72. The summed E-state index contributed by atoms with van der Waals surface area (Å²) in [6.45, 7) is 9.13. The highest BCUT2D eigenvalue weighted by molar-refractivity contribution is 9.10. The van der Waals surface area contributed by atoms with Crippen LogP contribution in [0.15, 0.2) is 17.3 Å². The first kappa shape index (κ1) is 19.0. The molecule has 140 valence electrons. The minimum Gasteiger partial charge on any atom is -0.461 e. The van der Waals surface area contributed by atoms with Crippen LogP contribution in [0.5, 0.6) is 0 Å². The van der Waals surface area contributed by atoms with E-state index in [1.807, 2.05) is 11.8 Å². The number of Topliss-reactive ketones (excluding diaryl/α,β-unsaturated/α-hetero) is 1. The zero-order valence-corrected chi connectivity index (χ0v) is 16.5. The molecule has 1 atom stereocenters. The summed E-state index contributed by atoms with van der Waals surface area (Å²) in [5, 5.41) is 0. The molecule has 0 N–H and O–H groups in total. The monoisotopic (exact) mass is 423 g/mol. The summed E-state index contributed by atoms with van der Waals surface area (Å²) in [5.74, 6) is 0.115. The summed E-state index contributed by atoms with van der Waals surface area (Å²) in [5.41, 5.74) is 0.427. The Hall–Kier alpha value is -1.80. The first-order valence-electron chi connectivity index (χ1n) is 8.66. The van der Waals surface area contributed by atoms with E-state index in [9.17, 15) is 9.59 Å². The van der Waals surface area contributed by atoms with Gasteiger partial charge < -0.3 is 14.4 Å². The molecule has 0 saturated carbocycles. The molecular weight excluding hydrogens is 402 g/mol. The largest absolute Gasteiger partial charge is 0.461 e. The van der Waals surface area contributed by atoms with Gasteiger partial charge in [0.2, 0.25) is 0 Å². The van der Waals surface area contributed by atoms with Gasteiger partial charge >= 0.3 is 5.97 Å². The molecule has 0 aromatic carbocycles. The average molecular weight is 424 g/mol. The van der Waals surface area contributed by atoms with Crippen molar-refractivity contribution in [3.63, 3.8) is 0 Å². The zero-order valence-electron chi connectivity index (χ0n) is 15.0. The number of hydrogen-bond acceptors (Lipinski definition) is 7. The number of ether oxygens (including phenoxy) is 2. The van der Waals surface area contributed by atoms with Gasteiger partial charge in [0.15, 0.2) is 17.3 Å². The molecule has 0 radical (unpaired) electrons. The van der Waals surface area contributed by atoms with E-state index in [0.29, 0.717) is 48.7 Å². The lowest BCUT2D eigenvalue weighted by Crippen LogP contribution is -2.45. The van der Waals surface area contributed by atoms with E-state index in [-0.39, 0.29) is 18.1 Å². The fraction of sp³-hybridized carbons (Fsp3) is 0.556. The van der Waals surface area contributed by atoms with Crippen molar-refractivity contribution in [1.82, 2.24) is 9.97 Å². The van der Waals surface area contributed by atoms with Gasteiger partial charge in [-0.3, -0.25) is 4.79 Å². The highest BCUT2D eigenvalue weighted by atomic mass is 79.9. The van der Waals surface area contributed by atoms with E-state index in [1.165, 1.54) is 0 Å². The standard InChI is InChI=1S/C18H22BrN3O4/c1-4-12-14(23)18(10-26-12)6-8-22(9-7-18)16-13(17(24)25-5-2)21-15(19)11(3)20-16/h4,12H,1,5-10H2,2-3H3/t12-/m0/s1. The van der Waals surface area contributed by atoms with Gasteiger partial charge in [-0.05, 0) is 42.6 Å². The Morgan fingerprint density at radius 2 is 2.15 bits per heavy atom. The van der Waals surface area contributed by atoms with Gasteiger partial charge in [-0.2, -0.15) is 0 Å². The Morgan fingerprint density at radius 3 is 2.73 bits per heavy atom. The summed E-state index contributed by atoms with van der Waals surface area (Å²) in [7, 11) is 0. The van der Waals surface area contributed by atoms with Crippen LogP contribution in [-0.4, -0.2) is 54.1 Å². The van der Waals surface area contributed by atoms with Crippen molar-refractivity contribution in [3.05, 3.63) is 28.6 Å². The van der Waals surface area contributed by atoms with Gasteiger partial charge in [0.05, 0.1) is 24.3 Å². The van der Waals surface area contributed by atoms with E-state index in [4.69, 9.17) is 9.47 Å². The van der Waals surface area contributed by atoms with Crippen LogP contribution in [0, 0.1) is 12.3 Å². The van der Waals surface area contributed by atoms with Gasteiger partial charge in [-0.1, -0.05) is 6.08 Å². The van der Waals surface area contributed by atoms with Crippen LogP contribution in [0.3, 0.4) is 0 Å². The molecule has 3 heterocycles. The van der Waals surface area contributed by atoms with Crippen LogP contribution in [0.25, 0.3) is 0 Å². The number of carbonyl (C=O) groups excluding carboxylic acids is 2. The number of ketones is 1. The number of carbonyl (C=O) groups is 2. The second-order valence-corrected chi connectivity index (χ2v) is 7.34. The van der Waals surface area contributed by atoms with Crippen molar-refractivity contribution in [2.75, 3.05) is 31.2 Å². The van der Waals surface area contributed by atoms with Crippen molar-refractivity contribution in [1.29, 1.82) is 0 Å². The third-order valence-electron chi connectivity index (χ3n) is 5.02. The maximum absolute atomic E-state index is 12.6. The van der Waals surface area contributed by atoms with Crippen LogP contribution in [0.1, 0.15) is 35.9 Å². The lowest BCUT2D eigenvalue weighted by molar-refractivity contribution is -0.127. The van der Waals surface area contributed by atoms with Crippen molar-refractivity contribution in [2.45, 2.75) is 32.8 Å². The third-order valence-corrected chi connectivity index (χ3v) is 5.77. The van der Waals surface area contributed by atoms with Crippen LogP contribution in [-0.2, 0) is 14.3 Å². The maximum atomic E-state index is 12.6. The molecule has 1 aromatic heterocycles. The van der Waals surface area contributed by atoms with E-state index >= 15 is 0 Å². The predicted molar refractivity (Wildman–Crippen MR) is 99.2 cm³/mol. The molecule has 0 aliphatic carbocycles. The van der Waals surface area contributed by atoms with Crippen molar-refractivity contribution < 1.29 is 19.1 Å². The molecule has 7 nitrogen and oxygen atoms in total. The summed E-state index contributed by atoms with van der Waals surface area (Å²) in [6, 6.07) is 0. The summed E-state index contributed by atoms with van der Waals surface area (Å²) >= 11 is 3.32. The van der Waals surface area contributed by atoms with E-state index in [1.54, 1.807) is 13.0 Å². The Kier molecular flexibility index (Phi) is 5.43. The smallest absolute Gasteiger partial charge is 0.360 e. The highest BCUT2D eigenvalue weighted by Gasteiger charge is 2.49. The number of anilines is 1. The second-order valence-electron chi connectivity index (χ2n) is 6.59. The molecule has 0 bridgehead atoms. The topological polar surface area (TPSA) is 81.6 Å². The molecule has 0 amide bonds. The van der Waals surface area contributed by atoms with Crippen LogP contribution in [0.4, 0.5) is 5.82 Å². The highest BCUT2D eigenvalue weighted by Crippen LogP contribution is 2.40. The first-order valence-corrected chi connectivity index (χ1v) is 9.46. The molecule has 0 unspecified atom stereocenters. The van der Waals surface area contributed by atoms with E-state index in [0.717, 1.165) is 0 Å². The van der Waals surface area contributed by atoms with Gasteiger partial charge in [0.25, 0.3) is 0 Å². The molecule has 1 aromatic rings. The number of piperidine rings is 1. The molecule has 2 aliphatic heterocycles. The summed E-state index contributed by atoms with van der Waals surface area (Å²) in [4.78, 5) is 35.8. The summed E-state index contributed by atoms with van der Waals surface area (Å²) < 4.78 is 11.2. The Bertz CT molecular complexity index is 744. The Morgan fingerprint density at radius 1 is 1.46 bits per heavy atom. The fourth-order valence-electron chi connectivity index (χ4n) is 3.45. The third kappa shape index (κ3) is 3.27. The second kappa shape index (κ2) is 7.44. The average Bonchev–Trinajstić information content (AvgIpc) is 2.94. The SMILES string of the molecule is C=C[C@@H]1OCC2(CCN(c3nc(C)c(Br)nc3C(=O)OCC)CC2)C1=O. The molecule has 2 fully saturated rings. The maximum Gasteiger partial charge on any atom is 0.360 e. The molecule has 8 heteroatoms. The normalized spacial score (nSPS) is 21.9. The van der Waals surface area contributed by atoms with Crippen LogP contribution in [0.2, 0.25) is 0 Å². The van der Waals surface area contributed by atoms with Crippen molar-refractivity contribution >= 4 is 33.5 Å². The molecule has 2 aliphatic rings. The van der Waals surface area contributed by atoms with Gasteiger partial charge in [-0.25, -0.2) is 14.8 Å². The quantitative estimate of drug-likeness (QED) is 0.543. The predicted octanol–water partition coefficient (Wildman–Crippen LogP) is 2.46. The molecule has 1 spiro atoms. The zero-order chi connectivity index (χ0) is 18.9. The minimum atomic E-state index is -0.508. The van der Waals surface area contributed by atoms with Gasteiger partial charge in [-0.15, -0.1) is 6.58 Å². The van der Waals surface area contributed by atoms with Crippen molar-refractivity contribution in [2.24, 2.45) is 5.41 Å². The number of halogens is 1. The lowest BCUT2D eigenvalue weighted by Gasteiger charge is -2.38. The van der Waals surface area contributed by atoms with E-state index < -0.39 is 17.5 Å². The lowest BCUT2D eigenvalue weighted by atomic mass is 9.75. The number of rotatable bonds is 4. The van der Waals surface area contributed by atoms with Gasteiger partial charge in [0, 0.05) is 13.1 Å². The molecule has 26 heavy (non-hydrogen) atoms. The summed E-state index contributed by atoms with van der Waals surface area (Å²) in [6.07, 6.45) is 2.35. The molecule has 2 saturated heterocycles. The first-order chi connectivity index (χ1) is 12.4. The Balaban J connectivity index is 1.83. The van der Waals surface area contributed by atoms with Gasteiger partial charge in [0.1, 0.15) is 10.7 Å². The minimum absolute atomic E-state index is 0.107. The number of hydrogen-bond donors (Lipinski definition) is 0. The number of aromatic nitrogens is 2. The number of esters is 1. The Labute approximate surface area is 160 Å². The number of nitrogens with zero attached hydrogens (tertiary/aromatic N) is 3. The van der Waals surface area contributed by atoms with Crippen molar-refractivity contribution in [3.8, 4) is 0 Å². The van der Waals surface area contributed by atoms with E-state index in [2.05, 4.69) is 32.5 Å². The number of aryl methyl sites for hydroxylation is 1.